The maximum absolute atomic E-state index is 16.9. The van der Waals surface area contributed by atoms with Crippen LogP contribution in [0.4, 0.5) is 0 Å². The Morgan fingerprint density at radius 3 is 1.95 bits per heavy atom. The molecule has 718 valence electrons. The molecule has 22 N–H and O–H groups in total. The van der Waals surface area contributed by atoms with E-state index >= 15 is 28.8 Å². The van der Waals surface area contributed by atoms with Crippen molar-refractivity contribution in [1.82, 2.24) is 31.9 Å². The molecule has 16 rings (SSSR count). The van der Waals surface area contributed by atoms with E-state index in [1.807, 2.05) is 36.4 Å². The van der Waals surface area contributed by atoms with Crippen LogP contribution in [-0.2, 0) is 83.9 Å². The Kier molecular flexibility index (Phi) is 30.6. The average Bonchev–Trinajstić information content (AvgIpc) is 1.56. The number of Topliss-reactive ketones (excluding diaryl/α,β-unsaturated/α-hetero) is 2. The van der Waals surface area contributed by atoms with Crippen molar-refractivity contribution >= 4 is 87.8 Å². The number of aromatic hydroxyl groups is 1. The quantitative estimate of drug-likeness (QED) is 0.0222. The Morgan fingerprint density at radius 1 is 0.687 bits per heavy atom. The van der Waals surface area contributed by atoms with Gasteiger partial charge in [-0.05, 0) is 183 Å². The van der Waals surface area contributed by atoms with Crippen molar-refractivity contribution in [2.45, 2.75) is 232 Å². The predicted octanol–water partition coefficient (Wildman–Crippen LogP) is 4.65. The Labute approximate surface area is 783 Å². The number of carbonyl (C=O) groups is 9. The summed E-state index contributed by atoms with van der Waals surface area (Å²) in [6.45, 7) is 7.74. The van der Waals surface area contributed by atoms with Crippen LogP contribution in [0.3, 0.4) is 0 Å². The lowest BCUT2D eigenvalue weighted by Crippen LogP contribution is -2.65. The number of carbonyl (C=O) groups excluding carboxylic acids is 9. The molecule has 3 fully saturated rings. The van der Waals surface area contributed by atoms with Crippen LogP contribution in [0, 0.1) is 11.8 Å². The Morgan fingerprint density at radius 2 is 1.32 bits per heavy atom. The number of halogens is 3. The maximum Gasteiger partial charge on any atom is 0.333 e. The van der Waals surface area contributed by atoms with E-state index in [-0.39, 0.29) is 89.5 Å². The van der Waals surface area contributed by atoms with Gasteiger partial charge in [-0.25, -0.2) is 4.79 Å². The third-order valence-electron chi connectivity index (χ3n) is 25.5. The van der Waals surface area contributed by atoms with E-state index in [4.69, 9.17) is 94.6 Å². The highest BCUT2D eigenvalue weighted by molar-refractivity contribution is 6.32. The highest BCUT2D eigenvalue weighted by Crippen LogP contribution is 2.54. The molecular formula is C94H108Cl3N9O28. The van der Waals surface area contributed by atoms with Crippen molar-refractivity contribution in [3.8, 4) is 56.8 Å². The molecule has 7 aromatic rings. The van der Waals surface area contributed by atoms with Crippen LogP contribution in [-0.4, -0.2) is 227 Å². The molecule has 0 aromatic heterocycles. The lowest BCUT2D eigenvalue weighted by Gasteiger charge is -2.48. The predicted molar refractivity (Wildman–Crippen MR) is 478 cm³/mol. The zero-order valence-corrected chi connectivity index (χ0v) is 75.9. The van der Waals surface area contributed by atoms with Crippen molar-refractivity contribution < 1.29 is 137 Å². The second-order valence-electron chi connectivity index (χ2n) is 35.5. The lowest BCUT2D eigenvalue weighted by atomic mass is 9.84. The summed E-state index contributed by atoms with van der Waals surface area (Å²) in [5, 5.41) is 135. The van der Waals surface area contributed by atoms with Gasteiger partial charge in [-0.2, -0.15) is 0 Å². The molecule has 40 heteroatoms. The first-order chi connectivity index (χ1) is 63.5. The number of rotatable bonds is 24. The number of nitrogens with one attached hydrogen (secondary N) is 6. The number of aliphatic hydroxyl groups is 9. The number of benzene rings is 7. The highest BCUT2D eigenvalue weighted by atomic mass is 35.5. The van der Waals surface area contributed by atoms with Gasteiger partial charge in [0.2, 0.25) is 47.4 Å². The number of hydrogen-bond acceptors (Lipinski definition) is 31. The number of nitrogens with two attached hydrogens (primary N) is 3. The smallest absolute Gasteiger partial charge is 0.333 e. The van der Waals surface area contributed by atoms with E-state index < -0.39 is 281 Å². The van der Waals surface area contributed by atoms with Crippen molar-refractivity contribution in [3.63, 3.8) is 0 Å². The zero-order chi connectivity index (χ0) is 96.6. The molecule has 134 heavy (non-hydrogen) atoms. The van der Waals surface area contributed by atoms with Crippen molar-refractivity contribution in [2.24, 2.45) is 29.0 Å². The number of amides is 6. The molecule has 0 spiro atoms. The van der Waals surface area contributed by atoms with Gasteiger partial charge in [0.25, 0.3) is 5.91 Å². The summed E-state index contributed by atoms with van der Waals surface area (Å²) in [6.07, 6.45) is -26.1. The SMILES string of the molecule is CC[C@H](CC(C)O)C(=O)N[C@H]1C(=O)C[C@@H](CC(N)=O)C(=O)N[C@H]2C(=O)C[C@H]3C(=O)N[C@H](C(=O)N[C@H](C(=O)OCC(=O)NCCCN)c4cc(O)cc5c4-c4cc3ccc4C5(O)O)[C@H](O[C@H]3C[C@](C)(N)[C@@H](O)[C@H](C)O3)c3ccc(c(Cl)c3)Oc3cc2cc(c3O[C@@H]2O[C@H](CO)[C@@H](O)[C@H](O)[C@H]2O[C@H]2C[C@](C)(NCc3ccc(-c4ccc(Cl)cc4)cc3)[C@@H](O)[C@H](C)O2)Oc2ccc(cc2Cl)[C@H]1O. The molecule has 1 unspecified atom stereocenters. The van der Waals surface area contributed by atoms with Crippen LogP contribution in [0.5, 0.6) is 34.5 Å². The number of aliphatic hydroxyl groups excluding tert-OH is 7. The second kappa shape index (κ2) is 41.2. The zero-order valence-electron chi connectivity index (χ0n) is 73.6. The minimum absolute atomic E-state index is 0.0488. The molecule has 0 saturated carbocycles. The van der Waals surface area contributed by atoms with Gasteiger partial charge in [-0.3, -0.25) is 38.4 Å². The largest absolute Gasteiger partial charge is 0.508 e. The molecule has 9 aliphatic rings. The van der Waals surface area contributed by atoms with Gasteiger partial charge in [0.1, 0.15) is 65.9 Å². The van der Waals surface area contributed by atoms with E-state index in [2.05, 4.69) is 31.9 Å². The minimum Gasteiger partial charge on any atom is -0.508 e. The number of ketones is 2. The molecule has 11 bridgehead atoms. The summed E-state index contributed by atoms with van der Waals surface area (Å²) in [4.78, 5) is 138. The molecule has 8 heterocycles. The van der Waals surface area contributed by atoms with Gasteiger partial charge in [0, 0.05) is 78.3 Å². The fraction of sp³-hybridized carbons (Fsp3) is 0.457. The van der Waals surface area contributed by atoms with Crippen LogP contribution in [0.25, 0.3) is 22.3 Å². The molecule has 23 atom stereocenters. The summed E-state index contributed by atoms with van der Waals surface area (Å²) < 4.78 is 59.1. The molecule has 1 aliphatic carbocycles. The summed E-state index contributed by atoms with van der Waals surface area (Å²) in [7, 11) is 0. The molecule has 7 aromatic carbocycles. The molecule has 3 saturated heterocycles. The van der Waals surface area contributed by atoms with Gasteiger partial charge >= 0.3 is 5.97 Å². The Hall–Kier alpha value is -10.4. The van der Waals surface area contributed by atoms with E-state index in [0.717, 1.165) is 53.1 Å². The van der Waals surface area contributed by atoms with Crippen LogP contribution < -0.4 is 63.3 Å². The normalized spacial score (nSPS) is 29.4. The summed E-state index contributed by atoms with van der Waals surface area (Å²) >= 11 is 21.0. The first-order valence-corrected chi connectivity index (χ1v) is 45.0. The number of phenols is 1. The molecule has 0 radical (unpaired) electrons. The third kappa shape index (κ3) is 21.5. The number of hydrogen-bond donors (Lipinski definition) is 19. The topological polar surface area (TPSA) is 589 Å². The first-order valence-electron chi connectivity index (χ1n) is 43.9. The standard InChI is InChI=1S/C94H108Cl3N9O28/c1-7-45(25-41(2)108)86(119)105-76-62(110)29-52(32-69(99)112)87(120)103-74-51-30-66(129-64-21-16-49(78(76)114)27-60(64)96)82(134-91-83(80(116)79(115)68(39-107)131-91)133-72-37-93(6,85(118)43(4)128-72)102-38-44-9-11-46(12-10-44)47-13-18-53(95)19-14-47)67(31-51)130-65-22-17-50(28-61(65)97)81(132-71-36-92(5,100)84(117)42(3)127-71)77-89(122)104-75(90(123)126-40-70(113)101-24-8-23-98)57-33-54(109)34-59-73(57)56-26-48(15-20-58(56)94(59,124)125)55(35-63(74)111)88(121)106-77/h9-22,26-28,30-31,33-34,41-43,45,52,55,68,71-72,74-81,83-85,91,102,107-109,114-118,124-125H,7-8,23-25,29,32,35-40,98,100H2,1-6H3,(H2,99,112)(H,101,113)(H,103,120)(H,104,122)(H,105,119)(H,106,121)/t41?,42-,43-,45+,52-,55+,68+,71-,72-,74+,75-,76-,77-,78+,79+,80-,81+,83+,84-,85-,91-,92-,93-/m0/s1. The van der Waals surface area contributed by atoms with E-state index in [0.29, 0.717) is 11.4 Å². The van der Waals surface area contributed by atoms with Gasteiger partial charge in [-0.15, -0.1) is 0 Å². The Balaban J connectivity index is 0.970. The minimum atomic E-state index is -3.09. The monoisotopic (exact) mass is 1920 g/mol. The van der Waals surface area contributed by atoms with E-state index in [9.17, 15) is 65.4 Å². The van der Waals surface area contributed by atoms with E-state index in [1.54, 1.807) is 32.9 Å². The van der Waals surface area contributed by atoms with Crippen molar-refractivity contribution in [1.29, 1.82) is 0 Å². The summed E-state index contributed by atoms with van der Waals surface area (Å²) in [6, 6.07) is 21.3. The summed E-state index contributed by atoms with van der Waals surface area (Å²) in [5.41, 5.74) is 15.6. The van der Waals surface area contributed by atoms with E-state index in [1.165, 1.54) is 63.2 Å². The maximum atomic E-state index is 16.9. The average molecular weight is 1920 g/mol. The van der Waals surface area contributed by atoms with Crippen LogP contribution in [0.1, 0.15) is 168 Å². The van der Waals surface area contributed by atoms with Gasteiger partial charge in [0.15, 0.2) is 54.4 Å². The van der Waals surface area contributed by atoms with Crippen molar-refractivity contribution in [2.75, 3.05) is 26.3 Å². The fourth-order valence-corrected chi connectivity index (χ4v) is 18.7. The third-order valence-corrected chi connectivity index (χ3v) is 26.3. The molecular weight excluding hydrogens is 1810 g/mol. The van der Waals surface area contributed by atoms with Crippen molar-refractivity contribution in [3.05, 3.63) is 187 Å². The van der Waals surface area contributed by atoms with Gasteiger partial charge in [-0.1, -0.05) is 102 Å². The first kappa shape index (κ1) is 99.5. The number of phenolic OH excluding ortho intramolecular Hbond substituents is 1. The summed E-state index contributed by atoms with van der Waals surface area (Å²) in [5.74, 6) is -21.8. The molecule has 6 amide bonds. The number of fused-ring (bicyclic) bond motifs is 12. The van der Waals surface area contributed by atoms with Crippen LogP contribution in [0.2, 0.25) is 15.1 Å². The molecule has 8 aliphatic heterocycles. The number of primary amides is 1. The van der Waals surface area contributed by atoms with Gasteiger partial charge in [0.05, 0.1) is 59.0 Å². The molecule has 37 nitrogen and oxygen atoms in total. The fourth-order valence-electron chi connectivity index (χ4n) is 18.1. The number of ether oxygens (including phenoxy) is 9. The second-order valence-corrected chi connectivity index (χ2v) is 36.8. The Bertz CT molecular complexity index is 5600. The lowest BCUT2D eigenvalue weighted by molar-refractivity contribution is -0.334. The number of esters is 1. The highest BCUT2D eigenvalue weighted by Gasteiger charge is 2.54. The van der Waals surface area contributed by atoms with Gasteiger partial charge < -0.3 is 143 Å². The van der Waals surface area contributed by atoms with Crippen LogP contribution in [0.15, 0.2) is 127 Å². The van der Waals surface area contributed by atoms with Crippen LogP contribution >= 0.6 is 34.8 Å².